The van der Waals surface area contributed by atoms with Gasteiger partial charge in [0.15, 0.2) is 11.5 Å². The van der Waals surface area contributed by atoms with Crippen LogP contribution in [-0.2, 0) is 17.5 Å². The van der Waals surface area contributed by atoms with E-state index in [-0.39, 0.29) is 29.6 Å². The SMILES string of the molecule is CC(C)(NCc1c(C(=O)NC2CCCC2)noc1-c1ccc(C(F)(F)F)cc1)C(=O)O. The van der Waals surface area contributed by atoms with Crippen LogP contribution < -0.4 is 10.6 Å². The van der Waals surface area contributed by atoms with Crippen molar-refractivity contribution in [1.29, 1.82) is 0 Å². The highest BCUT2D eigenvalue weighted by molar-refractivity contribution is 5.95. The van der Waals surface area contributed by atoms with E-state index >= 15 is 0 Å². The highest BCUT2D eigenvalue weighted by atomic mass is 19.4. The number of alkyl halides is 3. The van der Waals surface area contributed by atoms with Crippen molar-refractivity contribution < 1.29 is 32.4 Å². The van der Waals surface area contributed by atoms with Gasteiger partial charge in [-0.25, -0.2) is 0 Å². The lowest BCUT2D eigenvalue weighted by molar-refractivity contribution is -0.143. The first-order chi connectivity index (χ1) is 14.5. The molecule has 0 aliphatic heterocycles. The lowest BCUT2D eigenvalue weighted by atomic mass is 10.0. The van der Waals surface area contributed by atoms with Gasteiger partial charge in [0.05, 0.1) is 5.56 Å². The molecule has 0 spiro atoms. The highest BCUT2D eigenvalue weighted by Crippen LogP contribution is 2.33. The van der Waals surface area contributed by atoms with Gasteiger partial charge in [-0.15, -0.1) is 0 Å². The minimum Gasteiger partial charge on any atom is -0.480 e. The summed E-state index contributed by atoms with van der Waals surface area (Å²) in [7, 11) is 0. The summed E-state index contributed by atoms with van der Waals surface area (Å²) in [5, 5.41) is 18.9. The number of carboxylic acids is 1. The van der Waals surface area contributed by atoms with E-state index in [0.717, 1.165) is 37.8 Å². The number of nitrogens with zero attached hydrogens (tertiary/aromatic N) is 1. The summed E-state index contributed by atoms with van der Waals surface area (Å²) >= 11 is 0. The zero-order valence-corrected chi connectivity index (χ0v) is 17.2. The van der Waals surface area contributed by atoms with Crippen molar-refractivity contribution >= 4 is 11.9 Å². The maximum Gasteiger partial charge on any atom is 0.416 e. The number of aliphatic carboxylic acids is 1. The van der Waals surface area contributed by atoms with Crippen molar-refractivity contribution in [3.63, 3.8) is 0 Å². The van der Waals surface area contributed by atoms with Gasteiger partial charge >= 0.3 is 12.1 Å². The predicted octanol–water partition coefficient (Wildman–Crippen LogP) is 3.99. The summed E-state index contributed by atoms with van der Waals surface area (Å²) in [6.45, 7) is 2.84. The third kappa shape index (κ3) is 5.25. The molecule has 1 fully saturated rings. The molecule has 1 heterocycles. The molecule has 1 amide bonds. The molecule has 3 rings (SSSR count). The Hall–Kier alpha value is -2.88. The molecule has 1 aliphatic rings. The molecule has 0 saturated heterocycles. The van der Waals surface area contributed by atoms with Crippen molar-refractivity contribution in [3.05, 3.63) is 41.1 Å². The number of carboxylic acid groups (broad SMARTS) is 1. The molecule has 1 aliphatic carbocycles. The third-order valence-corrected chi connectivity index (χ3v) is 5.41. The summed E-state index contributed by atoms with van der Waals surface area (Å²) in [6.07, 6.45) is -0.740. The van der Waals surface area contributed by atoms with Gasteiger partial charge in [0, 0.05) is 23.7 Å². The Morgan fingerprint density at radius 2 is 1.77 bits per heavy atom. The molecule has 7 nitrogen and oxygen atoms in total. The van der Waals surface area contributed by atoms with E-state index in [2.05, 4.69) is 15.8 Å². The molecule has 0 unspecified atom stereocenters. The van der Waals surface area contributed by atoms with Crippen LogP contribution in [0, 0.1) is 0 Å². The summed E-state index contributed by atoms with van der Waals surface area (Å²) in [4.78, 5) is 24.2. The molecule has 168 valence electrons. The first-order valence-corrected chi connectivity index (χ1v) is 9.94. The van der Waals surface area contributed by atoms with E-state index in [1.165, 1.54) is 26.0 Å². The summed E-state index contributed by atoms with van der Waals surface area (Å²) in [6, 6.07) is 4.31. The molecule has 0 bridgehead atoms. The number of nitrogens with one attached hydrogen (secondary N) is 2. The number of halogens is 3. The van der Waals surface area contributed by atoms with Crippen LogP contribution in [-0.4, -0.2) is 33.7 Å². The number of amides is 1. The van der Waals surface area contributed by atoms with Crippen LogP contribution in [0.1, 0.15) is 61.1 Å². The fraction of sp³-hybridized carbons (Fsp3) is 0.476. The van der Waals surface area contributed by atoms with Crippen molar-refractivity contribution in [3.8, 4) is 11.3 Å². The van der Waals surface area contributed by atoms with Gasteiger partial charge in [0.25, 0.3) is 5.91 Å². The molecule has 0 radical (unpaired) electrons. The van der Waals surface area contributed by atoms with E-state index in [0.29, 0.717) is 5.56 Å². The van der Waals surface area contributed by atoms with Gasteiger partial charge in [0.2, 0.25) is 0 Å². The van der Waals surface area contributed by atoms with Crippen LogP contribution in [0.3, 0.4) is 0 Å². The second kappa shape index (κ2) is 8.70. The molecule has 1 aromatic heterocycles. The predicted molar refractivity (Wildman–Crippen MR) is 105 cm³/mol. The first-order valence-electron chi connectivity index (χ1n) is 9.94. The number of benzene rings is 1. The maximum atomic E-state index is 12.9. The second-order valence-electron chi connectivity index (χ2n) is 8.15. The fourth-order valence-corrected chi connectivity index (χ4v) is 3.40. The molecule has 1 aromatic carbocycles. The largest absolute Gasteiger partial charge is 0.480 e. The van der Waals surface area contributed by atoms with Crippen molar-refractivity contribution in [2.45, 2.75) is 63.8 Å². The van der Waals surface area contributed by atoms with Crippen LogP contribution in [0.15, 0.2) is 28.8 Å². The topological polar surface area (TPSA) is 104 Å². The smallest absolute Gasteiger partial charge is 0.416 e. The molecule has 31 heavy (non-hydrogen) atoms. The van der Waals surface area contributed by atoms with Crippen LogP contribution in [0.25, 0.3) is 11.3 Å². The lowest BCUT2D eigenvalue weighted by Crippen LogP contribution is -2.46. The van der Waals surface area contributed by atoms with Crippen LogP contribution in [0.2, 0.25) is 0 Å². The third-order valence-electron chi connectivity index (χ3n) is 5.41. The average molecular weight is 439 g/mol. The quantitative estimate of drug-likeness (QED) is 0.603. The Bertz CT molecular complexity index is 946. The van der Waals surface area contributed by atoms with E-state index < -0.39 is 29.2 Å². The van der Waals surface area contributed by atoms with E-state index in [4.69, 9.17) is 4.52 Å². The van der Waals surface area contributed by atoms with E-state index in [1.54, 1.807) is 0 Å². The molecular formula is C21H24F3N3O4. The van der Waals surface area contributed by atoms with Crippen molar-refractivity contribution in [2.24, 2.45) is 0 Å². The monoisotopic (exact) mass is 439 g/mol. The number of rotatable bonds is 7. The zero-order chi connectivity index (χ0) is 22.8. The first kappa shape index (κ1) is 22.8. The number of aromatic nitrogens is 1. The van der Waals surface area contributed by atoms with Gasteiger partial charge < -0.3 is 14.9 Å². The van der Waals surface area contributed by atoms with Crippen molar-refractivity contribution in [1.82, 2.24) is 15.8 Å². The Morgan fingerprint density at radius 1 is 1.16 bits per heavy atom. The Labute approximate surface area is 177 Å². The second-order valence-corrected chi connectivity index (χ2v) is 8.15. The number of hydrogen-bond acceptors (Lipinski definition) is 5. The van der Waals surface area contributed by atoms with Crippen molar-refractivity contribution in [2.75, 3.05) is 0 Å². The van der Waals surface area contributed by atoms with Gasteiger partial charge in [-0.05, 0) is 38.8 Å². The molecule has 2 aromatic rings. The number of carbonyl (C=O) groups excluding carboxylic acids is 1. The summed E-state index contributed by atoms with van der Waals surface area (Å²) < 4.78 is 44.0. The van der Waals surface area contributed by atoms with Gasteiger partial charge in [-0.1, -0.05) is 30.1 Å². The standard InChI is InChI=1S/C21H24F3N3O4/c1-20(2,19(29)30)25-11-15-16(18(28)26-14-5-3-4-6-14)27-31-17(15)12-7-9-13(10-8-12)21(22,23)24/h7-10,14,25H,3-6,11H2,1-2H3,(H,26,28)(H,29,30). The van der Waals surface area contributed by atoms with E-state index in [9.17, 15) is 27.9 Å². The van der Waals surface area contributed by atoms with E-state index in [1.807, 2.05) is 0 Å². The summed E-state index contributed by atoms with van der Waals surface area (Å²) in [5.74, 6) is -1.45. The minimum atomic E-state index is -4.48. The fourth-order valence-electron chi connectivity index (χ4n) is 3.40. The molecule has 0 atom stereocenters. The van der Waals surface area contributed by atoms with Gasteiger partial charge in [-0.3, -0.25) is 14.9 Å². The van der Waals surface area contributed by atoms with Crippen LogP contribution >= 0.6 is 0 Å². The molecule has 10 heteroatoms. The Morgan fingerprint density at radius 3 is 2.32 bits per heavy atom. The Balaban J connectivity index is 1.93. The number of hydrogen-bond donors (Lipinski definition) is 3. The summed E-state index contributed by atoms with van der Waals surface area (Å²) in [5.41, 5.74) is -1.57. The molecule has 1 saturated carbocycles. The average Bonchev–Trinajstić information content (AvgIpc) is 3.35. The zero-order valence-electron chi connectivity index (χ0n) is 17.2. The lowest BCUT2D eigenvalue weighted by Gasteiger charge is -2.21. The molecule has 3 N–H and O–H groups in total. The van der Waals surface area contributed by atoms with Gasteiger partial charge in [-0.2, -0.15) is 13.2 Å². The normalized spacial score (nSPS) is 15.3. The maximum absolute atomic E-state index is 12.9. The Kier molecular flexibility index (Phi) is 6.40. The van der Waals surface area contributed by atoms with Crippen LogP contribution in [0.4, 0.5) is 13.2 Å². The number of carbonyl (C=O) groups is 2. The van der Waals surface area contributed by atoms with Gasteiger partial charge in [0.1, 0.15) is 5.54 Å². The molecular weight excluding hydrogens is 415 g/mol. The van der Waals surface area contributed by atoms with Crippen LogP contribution in [0.5, 0.6) is 0 Å². The minimum absolute atomic E-state index is 0.0181. The highest BCUT2D eigenvalue weighted by Gasteiger charge is 2.32.